The van der Waals surface area contributed by atoms with E-state index in [1.807, 2.05) is 13.0 Å². The highest BCUT2D eigenvalue weighted by Crippen LogP contribution is 2.28. The fourth-order valence-electron chi connectivity index (χ4n) is 1.36. The molecule has 1 rings (SSSR count). The SMILES string of the molecule is CCOc1cc(C(=O)O)ccc1OCCCC#N. The van der Waals surface area contributed by atoms with Gasteiger partial charge in [-0.2, -0.15) is 5.26 Å². The number of nitriles is 1. The van der Waals surface area contributed by atoms with Crippen molar-refractivity contribution in [2.24, 2.45) is 0 Å². The minimum atomic E-state index is -1.01. The monoisotopic (exact) mass is 249 g/mol. The van der Waals surface area contributed by atoms with Crippen molar-refractivity contribution in [3.8, 4) is 17.6 Å². The Morgan fingerprint density at radius 2 is 2.17 bits per heavy atom. The molecule has 5 nitrogen and oxygen atoms in total. The van der Waals surface area contributed by atoms with Crippen LogP contribution in [-0.2, 0) is 0 Å². The fraction of sp³-hybridized carbons (Fsp3) is 0.385. The van der Waals surface area contributed by atoms with E-state index in [4.69, 9.17) is 19.8 Å². The molecule has 0 aliphatic carbocycles. The Bertz CT molecular complexity index is 451. The summed E-state index contributed by atoms with van der Waals surface area (Å²) in [5.41, 5.74) is 0.155. The number of aromatic carboxylic acids is 1. The Morgan fingerprint density at radius 3 is 2.78 bits per heavy atom. The summed E-state index contributed by atoms with van der Waals surface area (Å²) in [6.45, 7) is 2.64. The zero-order chi connectivity index (χ0) is 13.4. The average Bonchev–Trinajstić information content (AvgIpc) is 2.36. The number of carboxylic acids is 1. The first kappa shape index (κ1) is 13.8. The van der Waals surface area contributed by atoms with E-state index in [0.29, 0.717) is 37.6 Å². The molecule has 1 N–H and O–H groups in total. The van der Waals surface area contributed by atoms with Gasteiger partial charge in [0.25, 0.3) is 0 Å². The van der Waals surface area contributed by atoms with Crippen LogP contribution in [0.5, 0.6) is 11.5 Å². The number of rotatable bonds is 7. The first-order chi connectivity index (χ1) is 8.69. The molecule has 0 unspecified atom stereocenters. The minimum absolute atomic E-state index is 0.155. The summed E-state index contributed by atoms with van der Waals surface area (Å²) in [5.74, 6) is -0.0962. The topological polar surface area (TPSA) is 79.6 Å². The van der Waals surface area contributed by atoms with Crippen LogP contribution in [0.2, 0.25) is 0 Å². The lowest BCUT2D eigenvalue weighted by molar-refractivity contribution is 0.0696. The molecule has 0 aliphatic rings. The third-order valence-corrected chi connectivity index (χ3v) is 2.18. The van der Waals surface area contributed by atoms with Crippen LogP contribution in [0.4, 0.5) is 0 Å². The van der Waals surface area contributed by atoms with Gasteiger partial charge in [-0.1, -0.05) is 0 Å². The van der Waals surface area contributed by atoms with Gasteiger partial charge in [-0.15, -0.1) is 0 Å². The molecule has 0 aliphatic heterocycles. The molecule has 96 valence electrons. The maximum absolute atomic E-state index is 10.8. The number of unbranched alkanes of at least 4 members (excludes halogenated alkanes) is 1. The van der Waals surface area contributed by atoms with Crippen molar-refractivity contribution in [3.63, 3.8) is 0 Å². The summed E-state index contributed by atoms with van der Waals surface area (Å²) in [6.07, 6.45) is 1.06. The molecule has 0 fully saturated rings. The molecule has 0 radical (unpaired) electrons. The standard InChI is InChI=1S/C13H15NO4/c1-2-17-12-9-10(13(15)16)5-6-11(12)18-8-4-3-7-14/h5-6,9H,2-4,8H2,1H3,(H,15,16). The van der Waals surface area contributed by atoms with E-state index in [1.165, 1.54) is 12.1 Å². The largest absolute Gasteiger partial charge is 0.490 e. The van der Waals surface area contributed by atoms with Crippen molar-refractivity contribution < 1.29 is 19.4 Å². The van der Waals surface area contributed by atoms with E-state index in [2.05, 4.69) is 0 Å². The van der Waals surface area contributed by atoms with E-state index in [9.17, 15) is 4.79 Å². The highest BCUT2D eigenvalue weighted by atomic mass is 16.5. The number of carbonyl (C=O) groups is 1. The molecule has 0 atom stereocenters. The lowest BCUT2D eigenvalue weighted by Gasteiger charge is -2.11. The maximum Gasteiger partial charge on any atom is 0.335 e. The summed E-state index contributed by atoms with van der Waals surface area (Å²) < 4.78 is 10.8. The van der Waals surface area contributed by atoms with Crippen LogP contribution >= 0.6 is 0 Å². The second kappa shape index (κ2) is 7.17. The van der Waals surface area contributed by atoms with Crippen LogP contribution in [0.15, 0.2) is 18.2 Å². The van der Waals surface area contributed by atoms with Gasteiger partial charge in [-0.3, -0.25) is 0 Å². The van der Waals surface area contributed by atoms with E-state index < -0.39 is 5.97 Å². The van der Waals surface area contributed by atoms with Crippen molar-refractivity contribution >= 4 is 5.97 Å². The van der Waals surface area contributed by atoms with Crippen molar-refractivity contribution in [3.05, 3.63) is 23.8 Å². The number of hydrogen-bond acceptors (Lipinski definition) is 4. The maximum atomic E-state index is 10.8. The molecule has 0 bridgehead atoms. The smallest absolute Gasteiger partial charge is 0.335 e. The Kier molecular flexibility index (Phi) is 5.52. The van der Waals surface area contributed by atoms with Crippen LogP contribution in [0, 0.1) is 11.3 Å². The molecular formula is C13H15NO4. The quantitative estimate of drug-likeness (QED) is 0.751. The second-order valence-electron chi connectivity index (χ2n) is 3.51. The number of hydrogen-bond donors (Lipinski definition) is 1. The molecule has 18 heavy (non-hydrogen) atoms. The first-order valence-electron chi connectivity index (χ1n) is 5.69. The Labute approximate surface area is 106 Å². The van der Waals surface area contributed by atoms with Gasteiger partial charge in [0.1, 0.15) is 0 Å². The Balaban J connectivity index is 2.76. The summed E-state index contributed by atoms with van der Waals surface area (Å²) in [7, 11) is 0. The predicted octanol–water partition coefficient (Wildman–Crippen LogP) is 2.47. The molecule has 5 heteroatoms. The molecular weight excluding hydrogens is 234 g/mol. The number of carboxylic acid groups (broad SMARTS) is 1. The van der Waals surface area contributed by atoms with Crippen LogP contribution in [0.3, 0.4) is 0 Å². The van der Waals surface area contributed by atoms with Crippen LogP contribution in [-0.4, -0.2) is 24.3 Å². The molecule has 0 amide bonds. The number of ether oxygens (including phenoxy) is 2. The van der Waals surface area contributed by atoms with Gasteiger partial charge >= 0.3 is 5.97 Å². The first-order valence-corrected chi connectivity index (χ1v) is 5.69. The zero-order valence-electron chi connectivity index (χ0n) is 10.2. The van der Waals surface area contributed by atoms with Crippen molar-refractivity contribution in [1.82, 2.24) is 0 Å². The third kappa shape index (κ3) is 3.98. The van der Waals surface area contributed by atoms with E-state index in [0.717, 1.165) is 0 Å². The van der Waals surface area contributed by atoms with E-state index in [1.54, 1.807) is 6.07 Å². The van der Waals surface area contributed by atoms with Gasteiger partial charge in [0.2, 0.25) is 0 Å². The van der Waals surface area contributed by atoms with Gasteiger partial charge in [-0.25, -0.2) is 4.79 Å². The molecule has 0 saturated heterocycles. The normalized spacial score (nSPS) is 9.56. The number of benzene rings is 1. The van der Waals surface area contributed by atoms with E-state index >= 15 is 0 Å². The Morgan fingerprint density at radius 1 is 1.39 bits per heavy atom. The van der Waals surface area contributed by atoms with Gasteiger partial charge in [0.05, 0.1) is 24.8 Å². The Hall–Kier alpha value is -2.22. The van der Waals surface area contributed by atoms with Crippen molar-refractivity contribution in [1.29, 1.82) is 5.26 Å². The molecule has 1 aromatic carbocycles. The van der Waals surface area contributed by atoms with Crippen molar-refractivity contribution in [2.75, 3.05) is 13.2 Å². The lowest BCUT2D eigenvalue weighted by Crippen LogP contribution is -2.03. The highest BCUT2D eigenvalue weighted by Gasteiger charge is 2.10. The van der Waals surface area contributed by atoms with Gasteiger partial charge < -0.3 is 14.6 Å². The van der Waals surface area contributed by atoms with E-state index in [-0.39, 0.29) is 5.56 Å². The van der Waals surface area contributed by atoms with Gasteiger partial charge in [0, 0.05) is 6.42 Å². The third-order valence-electron chi connectivity index (χ3n) is 2.18. The average molecular weight is 249 g/mol. The molecule has 0 saturated carbocycles. The van der Waals surface area contributed by atoms with Crippen LogP contribution in [0.25, 0.3) is 0 Å². The minimum Gasteiger partial charge on any atom is -0.490 e. The summed E-state index contributed by atoms with van der Waals surface area (Å²) >= 11 is 0. The second-order valence-corrected chi connectivity index (χ2v) is 3.51. The summed E-state index contributed by atoms with van der Waals surface area (Å²) in [4.78, 5) is 10.8. The van der Waals surface area contributed by atoms with Crippen molar-refractivity contribution in [2.45, 2.75) is 19.8 Å². The summed E-state index contributed by atoms with van der Waals surface area (Å²) in [5, 5.41) is 17.3. The lowest BCUT2D eigenvalue weighted by atomic mass is 10.2. The fourth-order valence-corrected chi connectivity index (χ4v) is 1.36. The molecule has 1 aromatic rings. The van der Waals surface area contributed by atoms with Gasteiger partial charge in [0.15, 0.2) is 11.5 Å². The zero-order valence-corrected chi connectivity index (χ0v) is 10.2. The predicted molar refractivity (Wildman–Crippen MR) is 64.9 cm³/mol. The van der Waals surface area contributed by atoms with Crippen LogP contribution < -0.4 is 9.47 Å². The molecule has 0 heterocycles. The van der Waals surface area contributed by atoms with Gasteiger partial charge in [-0.05, 0) is 31.5 Å². The molecule has 0 aromatic heterocycles. The highest BCUT2D eigenvalue weighted by molar-refractivity contribution is 5.88. The molecule has 0 spiro atoms. The van der Waals surface area contributed by atoms with Crippen LogP contribution in [0.1, 0.15) is 30.1 Å². The summed E-state index contributed by atoms with van der Waals surface area (Å²) in [6, 6.07) is 6.50. The number of nitrogens with zero attached hydrogens (tertiary/aromatic N) is 1.